The summed E-state index contributed by atoms with van der Waals surface area (Å²) in [5, 5.41) is 2.95. The van der Waals surface area contributed by atoms with E-state index in [9.17, 15) is 4.79 Å². The van der Waals surface area contributed by atoms with Gasteiger partial charge in [0, 0.05) is 11.5 Å². The van der Waals surface area contributed by atoms with Crippen LogP contribution in [0.25, 0.3) is 0 Å². The Bertz CT molecular complexity index is 434. The molecule has 0 saturated heterocycles. The van der Waals surface area contributed by atoms with Crippen LogP contribution in [-0.2, 0) is 4.79 Å². The molecule has 1 aliphatic carbocycles. The lowest BCUT2D eigenvalue weighted by Crippen LogP contribution is -2.30. The number of carbonyl (C=O) groups is 1. The molecule has 0 radical (unpaired) electrons. The Morgan fingerprint density at radius 2 is 2.05 bits per heavy atom. The zero-order chi connectivity index (χ0) is 13.9. The van der Waals surface area contributed by atoms with Crippen LogP contribution in [0.5, 0.6) is 5.88 Å². The Kier molecular flexibility index (Phi) is 4.08. The van der Waals surface area contributed by atoms with Crippen LogP contribution in [-0.4, -0.2) is 17.0 Å². The van der Waals surface area contributed by atoms with Crippen LogP contribution in [0.15, 0.2) is 18.3 Å². The molecule has 0 aromatic carbocycles. The second-order valence-corrected chi connectivity index (χ2v) is 5.77. The minimum atomic E-state index is -0.215. The Labute approximate surface area is 114 Å². The predicted octanol–water partition coefficient (Wildman–Crippen LogP) is 3.39. The third-order valence-corrected chi connectivity index (χ3v) is 3.61. The van der Waals surface area contributed by atoms with Crippen molar-refractivity contribution < 1.29 is 9.53 Å². The van der Waals surface area contributed by atoms with E-state index in [1.54, 1.807) is 12.3 Å². The van der Waals surface area contributed by atoms with Gasteiger partial charge in [0.2, 0.25) is 11.8 Å². The summed E-state index contributed by atoms with van der Waals surface area (Å²) in [5.41, 5.74) is 0.516. The van der Waals surface area contributed by atoms with Crippen molar-refractivity contribution >= 4 is 11.6 Å². The third kappa shape index (κ3) is 3.46. The van der Waals surface area contributed by atoms with E-state index in [0.29, 0.717) is 5.88 Å². The molecule has 1 aromatic heterocycles. The van der Waals surface area contributed by atoms with Gasteiger partial charge in [-0.05, 0) is 32.8 Å². The lowest BCUT2D eigenvalue weighted by molar-refractivity contribution is -0.124. The number of hydrogen-bond acceptors (Lipinski definition) is 3. The number of pyridine rings is 1. The molecule has 4 heteroatoms. The normalized spacial score (nSPS) is 17.5. The summed E-state index contributed by atoms with van der Waals surface area (Å²) in [6, 6.07) is 3.62. The molecular weight excluding hydrogens is 240 g/mol. The van der Waals surface area contributed by atoms with Gasteiger partial charge in [0.05, 0.1) is 18.0 Å². The van der Waals surface area contributed by atoms with Crippen molar-refractivity contribution in [1.29, 1.82) is 0 Å². The van der Waals surface area contributed by atoms with Crippen LogP contribution in [0.4, 0.5) is 5.69 Å². The maximum atomic E-state index is 12.2. The molecule has 0 unspecified atom stereocenters. The van der Waals surface area contributed by atoms with E-state index >= 15 is 0 Å². The van der Waals surface area contributed by atoms with Crippen molar-refractivity contribution in [3.63, 3.8) is 0 Å². The SMILES string of the molecule is CC(C)Oc1ccc(NC(=O)C2(C)CCCC2)cn1. The zero-order valence-electron chi connectivity index (χ0n) is 11.9. The highest BCUT2D eigenvalue weighted by atomic mass is 16.5. The van der Waals surface area contributed by atoms with Gasteiger partial charge < -0.3 is 10.1 Å². The van der Waals surface area contributed by atoms with Gasteiger partial charge in [-0.2, -0.15) is 0 Å². The number of aromatic nitrogens is 1. The molecule has 19 heavy (non-hydrogen) atoms. The molecule has 1 amide bonds. The summed E-state index contributed by atoms with van der Waals surface area (Å²) in [6.45, 7) is 5.95. The molecule has 1 N–H and O–H groups in total. The number of amides is 1. The third-order valence-electron chi connectivity index (χ3n) is 3.61. The summed E-state index contributed by atoms with van der Waals surface area (Å²) < 4.78 is 5.47. The largest absolute Gasteiger partial charge is 0.475 e. The fraction of sp³-hybridized carbons (Fsp3) is 0.600. The van der Waals surface area contributed by atoms with Gasteiger partial charge in [-0.15, -0.1) is 0 Å². The fourth-order valence-electron chi connectivity index (χ4n) is 2.43. The highest BCUT2D eigenvalue weighted by molar-refractivity contribution is 5.95. The first-order chi connectivity index (χ1) is 8.99. The van der Waals surface area contributed by atoms with Crippen molar-refractivity contribution in [3.8, 4) is 5.88 Å². The molecule has 1 saturated carbocycles. The molecule has 104 valence electrons. The average Bonchev–Trinajstić information content (AvgIpc) is 2.79. The fourth-order valence-corrected chi connectivity index (χ4v) is 2.43. The summed E-state index contributed by atoms with van der Waals surface area (Å²) in [7, 11) is 0. The number of carbonyl (C=O) groups excluding carboxylic acids is 1. The van der Waals surface area contributed by atoms with Crippen LogP contribution in [0.2, 0.25) is 0 Å². The molecular formula is C15H22N2O2. The highest BCUT2D eigenvalue weighted by Gasteiger charge is 2.36. The van der Waals surface area contributed by atoms with Crippen LogP contribution in [0.3, 0.4) is 0 Å². The summed E-state index contributed by atoms with van der Waals surface area (Å²) in [5.74, 6) is 0.685. The molecule has 1 heterocycles. The van der Waals surface area contributed by atoms with E-state index in [1.165, 1.54) is 0 Å². The second kappa shape index (κ2) is 5.59. The first-order valence-corrected chi connectivity index (χ1v) is 6.94. The maximum Gasteiger partial charge on any atom is 0.230 e. The Balaban J connectivity index is 1.97. The van der Waals surface area contributed by atoms with Gasteiger partial charge in [-0.25, -0.2) is 4.98 Å². The summed E-state index contributed by atoms with van der Waals surface area (Å²) >= 11 is 0. The van der Waals surface area contributed by atoms with Gasteiger partial charge >= 0.3 is 0 Å². The number of hydrogen-bond donors (Lipinski definition) is 1. The van der Waals surface area contributed by atoms with E-state index < -0.39 is 0 Å². The first kappa shape index (κ1) is 13.8. The van der Waals surface area contributed by atoms with Crippen LogP contribution in [0, 0.1) is 5.41 Å². The van der Waals surface area contributed by atoms with Crippen LogP contribution in [0.1, 0.15) is 46.5 Å². The van der Waals surface area contributed by atoms with Crippen molar-refractivity contribution in [2.75, 3.05) is 5.32 Å². The Morgan fingerprint density at radius 3 is 2.58 bits per heavy atom. The number of nitrogens with one attached hydrogen (secondary N) is 1. The molecule has 1 aromatic rings. The van der Waals surface area contributed by atoms with E-state index in [-0.39, 0.29) is 17.4 Å². The van der Waals surface area contributed by atoms with Gasteiger partial charge in [0.25, 0.3) is 0 Å². The minimum Gasteiger partial charge on any atom is -0.475 e. The van der Waals surface area contributed by atoms with Gasteiger partial charge in [-0.3, -0.25) is 4.79 Å². The Hall–Kier alpha value is -1.58. The standard InChI is InChI=1S/C15H22N2O2/c1-11(2)19-13-7-6-12(10-16-13)17-14(18)15(3)8-4-5-9-15/h6-7,10-11H,4-5,8-9H2,1-3H3,(H,17,18). The maximum absolute atomic E-state index is 12.2. The molecule has 1 fully saturated rings. The van der Waals surface area contributed by atoms with E-state index in [1.807, 2.05) is 26.8 Å². The van der Waals surface area contributed by atoms with Gasteiger partial charge in [0.15, 0.2) is 0 Å². The number of nitrogens with zero attached hydrogens (tertiary/aromatic N) is 1. The molecule has 0 bridgehead atoms. The van der Waals surface area contributed by atoms with Gasteiger partial charge in [0.1, 0.15) is 0 Å². The Morgan fingerprint density at radius 1 is 1.37 bits per heavy atom. The van der Waals surface area contributed by atoms with E-state index in [2.05, 4.69) is 10.3 Å². The quantitative estimate of drug-likeness (QED) is 0.905. The lowest BCUT2D eigenvalue weighted by Gasteiger charge is -2.22. The van der Waals surface area contributed by atoms with E-state index in [4.69, 9.17) is 4.74 Å². The van der Waals surface area contributed by atoms with Crippen LogP contribution >= 0.6 is 0 Å². The lowest BCUT2D eigenvalue weighted by atomic mass is 9.88. The molecule has 1 aliphatic rings. The first-order valence-electron chi connectivity index (χ1n) is 6.94. The second-order valence-electron chi connectivity index (χ2n) is 5.77. The summed E-state index contributed by atoms with van der Waals surface area (Å²) in [6.07, 6.45) is 5.98. The monoisotopic (exact) mass is 262 g/mol. The van der Waals surface area contributed by atoms with Crippen molar-refractivity contribution in [2.24, 2.45) is 5.41 Å². The number of rotatable bonds is 4. The predicted molar refractivity (Wildman–Crippen MR) is 75.2 cm³/mol. The molecule has 0 atom stereocenters. The van der Waals surface area contributed by atoms with Crippen molar-refractivity contribution in [3.05, 3.63) is 18.3 Å². The zero-order valence-corrected chi connectivity index (χ0v) is 11.9. The van der Waals surface area contributed by atoms with Crippen molar-refractivity contribution in [2.45, 2.75) is 52.6 Å². The summed E-state index contributed by atoms with van der Waals surface area (Å²) in [4.78, 5) is 16.4. The van der Waals surface area contributed by atoms with Gasteiger partial charge in [-0.1, -0.05) is 19.8 Å². The minimum absolute atomic E-state index is 0.101. The molecule has 4 nitrogen and oxygen atoms in total. The highest BCUT2D eigenvalue weighted by Crippen LogP contribution is 2.38. The van der Waals surface area contributed by atoms with Crippen LogP contribution < -0.4 is 10.1 Å². The topological polar surface area (TPSA) is 51.2 Å². The average molecular weight is 262 g/mol. The number of ether oxygens (including phenoxy) is 1. The molecule has 2 rings (SSSR count). The smallest absolute Gasteiger partial charge is 0.230 e. The van der Waals surface area contributed by atoms with Crippen molar-refractivity contribution in [1.82, 2.24) is 4.98 Å². The number of anilines is 1. The molecule has 0 spiro atoms. The van der Waals surface area contributed by atoms with E-state index in [0.717, 1.165) is 31.4 Å². The molecule has 0 aliphatic heterocycles.